The van der Waals surface area contributed by atoms with E-state index in [9.17, 15) is 13.2 Å². The molecule has 3 rings (SSSR count). The monoisotopic (exact) mass is 404 g/mol. The van der Waals surface area contributed by atoms with Crippen molar-refractivity contribution in [2.24, 2.45) is 0 Å². The predicted molar refractivity (Wildman–Crippen MR) is 104 cm³/mol. The van der Waals surface area contributed by atoms with Crippen molar-refractivity contribution < 1.29 is 17.6 Å². The van der Waals surface area contributed by atoms with Crippen LogP contribution >= 0.6 is 11.3 Å². The predicted octanol–water partition coefficient (Wildman–Crippen LogP) is 3.43. The number of hydrogen-bond donors (Lipinski definition) is 0. The first-order valence-corrected chi connectivity index (χ1v) is 10.6. The fourth-order valence-corrected chi connectivity index (χ4v) is 4.23. The number of sulfonamides is 1. The Morgan fingerprint density at radius 2 is 1.89 bits per heavy atom. The van der Waals surface area contributed by atoms with Gasteiger partial charge in [0.15, 0.2) is 0 Å². The first-order valence-electron chi connectivity index (χ1n) is 8.24. The topological polar surface area (TPSA) is 70.8 Å². The summed E-state index contributed by atoms with van der Waals surface area (Å²) in [6, 6.07) is 13.6. The van der Waals surface area contributed by atoms with Gasteiger partial charge in [0.2, 0.25) is 10.0 Å². The van der Waals surface area contributed by atoms with Crippen LogP contribution in [-0.2, 0) is 23.1 Å². The van der Waals surface area contributed by atoms with Crippen LogP contribution in [-0.4, -0.2) is 37.6 Å². The minimum Gasteiger partial charge on any atom is -0.467 e. The van der Waals surface area contributed by atoms with Gasteiger partial charge in [-0.05, 0) is 41.8 Å². The summed E-state index contributed by atoms with van der Waals surface area (Å²) < 4.78 is 31.3. The number of carbonyl (C=O) groups excluding carboxylic acids is 1. The second-order valence-corrected chi connectivity index (χ2v) is 9.32. The molecule has 8 heteroatoms. The molecular weight excluding hydrogens is 384 g/mol. The Bertz CT molecular complexity index is 958. The lowest BCUT2D eigenvalue weighted by molar-refractivity contribution is 0.0719. The lowest BCUT2D eigenvalue weighted by atomic mass is 10.2. The summed E-state index contributed by atoms with van der Waals surface area (Å²) in [5.74, 6) is 0.410. The van der Waals surface area contributed by atoms with Crippen molar-refractivity contribution in [3.05, 3.63) is 76.4 Å². The van der Waals surface area contributed by atoms with Crippen molar-refractivity contribution in [1.82, 2.24) is 9.21 Å². The smallest absolute Gasteiger partial charge is 0.254 e. The summed E-state index contributed by atoms with van der Waals surface area (Å²) in [6.45, 7) is 0.719. The summed E-state index contributed by atoms with van der Waals surface area (Å²) in [5.41, 5.74) is 0.320. The van der Waals surface area contributed by atoms with Crippen LogP contribution in [0, 0.1) is 0 Å². The van der Waals surface area contributed by atoms with Crippen LogP contribution < -0.4 is 0 Å². The lowest BCUT2D eigenvalue weighted by Gasteiger charge is -2.21. The minimum atomic E-state index is -3.61. The molecule has 27 heavy (non-hydrogen) atoms. The number of nitrogens with zero attached hydrogens (tertiary/aromatic N) is 2. The average Bonchev–Trinajstić information content (AvgIpc) is 3.34. The first kappa shape index (κ1) is 19.3. The third-order valence-electron chi connectivity index (χ3n) is 4.00. The second-order valence-electron chi connectivity index (χ2n) is 6.14. The second kappa shape index (κ2) is 8.08. The molecule has 1 aromatic carbocycles. The van der Waals surface area contributed by atoms with E-state index >= 15 is 0 Å². The molecule has 0 fully saturated rings. The Balaban J connectivity index is 1.91. The van der Waals surface area contributed by atoms with E-state index in [4.69, 9.17) is 4.42 Å². The van der Waals surface area contributed by atoms with Crippen LogP contribution in [0.2, 0.25) is 0 Å². The highest BCUT2D eigenvalue weighted by atomic mass is 32.2. The average molecular weight is 405 g/mol. The Morgan fingerprint density at radius 3 is 2.52 bits per heavy atom. The van der Waals surface area contributed by atoms with Crippen molar-refractivity contribution in [3.63, 3.8) is 0 Å². The van der Waals surface area contributed by atoms with Crippen LogP contribution in [0.1, 0.15) is 21.0 Å². The van der Waals surface area contributed by atoms with Crippen LogP contribution in [0.3, 0.4) is 0 Å². The van der Waals surface area contributed by atoms with Gasteiger partial charge in [-0.2, -0.15) is 0 Å². The third kappa shape index (κ3) is 4.47. The molecule has 0 spiro atoms. The van der Waals surface area contributed by atoms with Crippen LogP contribution in [0.4, 0.5) is 0 Å². The molecule has 0 atom stereocenters. The van der Waals surface area contributed by atoms with Gasteiger partial charge in [-0.25, -0.2) is 12.7 Å². The molecule has 142 valence electrons. The number of hydrogen-bond acceptors (Lipinski definition) is 5. The lowest BCUT2D eigenvalue weighted by Crippen LogP contribution is -2.30. The van der Waals surface area contributed by atoms with Gasteiger partial charge in [0, 0.05) is 24.5 Å². The summed E-state index contributed by atoms with van der Waals surface area (Å²) in [4.78, 5) is 15.9. The third-order valence-corrected chi connectivity index (χ3v) is 6.67. The van der Waals surface area contributed by atoms with E-state index in [1.54, 1.807) is 40.7 Å². The van der Waals surface area contributed by atoms with Gasteiger partial charge in [-0.1, -0.05) is 12.1 Å². The number of amides is 1. The highest BCUT2D eigenvalue weighted by Gasteiger charge is 2.22. The van der Waals surface area contributed by atoms with E-state index in [-0.39, 0.29) is 10.8 Å². The Morgan fingerprint density at radius 1 is 1.07 bits per heavy atom. The van der Waals surface area contributed by atoms with Crippen molar-refractivity contribution in [2.75, 3.05) is 14.1 Å². The van der Waals surface area contributed by atoms with Gasteiger partial charge in [-0.3, -0.25) is 4.79 Å². The summed E-state index contributed by atoms with van der Waals surface area (Å²) in [7, 11) is -0.688. The molecular formula is C19H20N2O4S2. The molecule has 2 aromatic heterocycles. The van der Waals surface area contributed by atoms with Crippen LogP contribution in [0.25, 0.3) is 0 Å². The van der Waals surface area contributed by atoms with Crippen LogP contribution in [0.15, 0.2) is 69.5 Å². The zero-order valence-electron chi connectivity index (χ0n) is 15.0. The van der Waals surface area contributed by atoms with Gasteiger partial charge < -0.3 is 9.32 Å². The molecule has 3 aromatic rings. The fraction of sp³-hybridized carbons (Fsp3) is 0.211. The quantitative estimate of drug-likeness (QED) is 0.605. The van der Waals surface area contributed by atoms with Gasteiger partial charge in [0.25, 0.3) is 5.91 Å². The highest BCUT2D eigenvalue weighted by molar-refractivity contribution is 7.89. The fourth-order valence-electron chi connectivity index (χ4n) is 2.56. The molecule has 0 aliphatic heterocycles. The summed E-state index contributed by atoms with van der Waals surface area (Å²) in [6.07, 6.45) is 1.56. The van der Waals surface area contributed by atoms with E-state index in [2.05, 4.69) is 0 Å². The zero-order valence-corrected chi connectivity index (χ0v) is 16.7. The number of benzene rings is 1. The zero-order chi connectivity index (χ0) is 19.4. The van der Waals surface area contributed by atoms with E-state index < -0.39 is 10.0 Å². The van der Waals surface area contributed by atoms with Gasteiger partial charge >= 0.3 is 0 Å². The molecule has 0 aliphatic carbocycles. The molecule has 0 aliphatic rings. The Hall–Kier alpha value is -2.42. The van der Waals surface area contributed by atoms with Crippen molar-refractivity contribution in [1.29, 1.82) is 0 Å². The molecule has 0 bridgehead atoms. The summed E-state index contributed by atoms with van der Waals surface area (Å²) in [5, 5.41) is 1.95. The number of carbonyl (C=O) groups is 1. The first-order chi connectivity index (χ1) is 12.9. The SMILES string of the molecule is CN(C)S(=O)(=O)c1cccc(C(=O)N(Cc2ccco2)Cc2cccs2)c1. The van der Waals surface area contributed by atoms with Crippen molar-refractivity contribution >= 4 is 27.3 Å². The molecule has 6 nitrogen and oxygen atoms in total. The van der Waals surface area contributed by atoms with E-state index in [0.717, 1.165) is 9.18 Å². The maximum absolute atomic E-state index is 13.1. The van der Waals surface area contributed by atoms with E-state index in [1.807, 2.05) is 23.6 Å². The Labute approximate surface area is 162 Å². The van der Waals surface area contributed by atoms with Gasteiger partial charge in [0.05, 0.1) is 24.2 Å². The van der Waals surface area contributed by atoms with Crippen molar-refractivity contribution in [3.8, 4) is 0 Å². The molecule has 0 radical (unpaired) electrons. The van der Waals surface area contributed by atoms with E-state index in [0.29, 0.717) is 24.4 Å². The maximum Gasteiger partial charge on any atom is 0.254 e. The minimum absolute atomic E-state index is 0.0902. The Kier molecular flexibility index (Phi) is 5.79. The molecule has 0 unspecified atom stereocenters. The largest absolute Gasteiger partial charge is 0.467 e. The van der Waals surface area contributed by atoms with Gasteiger partial charge in [0.1, 0.15) is 5.76 Å². The summed E-state index contributed by atoms with van der Waals surface area (Å²) >= 11 is 1.56. The van der Waals surface area contributed by atoms with Gasteiger partial charge in [-0.15, -0.1) is 11.3 Å². The molecule has 0 N–H and O–H groups in total. The maximum atomic E-state index is 13.1. The molecule has 0 saturated carbocycles. The molecule has 1 amide bonds. The van der Waals surface area contributed by atoms with Crippen LogP contribution in [0.5, 0.6) is 0 Å². The standard InChI is InChI=1S/C19H20N2O4S2/c1-20(2)27(23,24)18-9-3-6-15(12-18)19(22)21(13-16-7-4-10-25-16)14-17-8-5-11-26-17/h3-12H,13-14H2,1-2H3. The van der Waals surface area contributed by atoms with Crippen molar-refractivity contribution in [2.45, 2.75) is 18.0 Å². The number of furan rings is 1. The number of thiophene rings is 1. The normalized spacial score (nSPS) is 11.7. The molecule has 0 saturated heterocycles. The number of rotatable bonds is 7. The molecule has 2 heterocycles. The van der Waals surface area contributed by atoms with E-state index in [1.165, 1.54) is 26.2 Å². The highest BCUT2D eigenvalue weighted by Crippen LogP contribution is 2.20.